The Bertz CT molecular complexity index is 733. The Labute approximate surface area is 146 Å². The van der Waals surface area contributed by atoms with Crippen molar-refractivity contribution in [2.24, 2.45) is 5.10 Å². The van der Waals surface area contributed by atoms with E-state index in [2.05, 4.69) is 10.5 Å². The lowest BCUT2D eigenvalue weighted by Gasteiger charge is -2.12. The minimum Gasteiger partial charge on any atom is -0.490 e. The van der Waals surface area contributed by atoms with Gasteiger partial charge < -0.3 is 9.47 Å². The first-order valence-corrected chi connectivity index (χ1v) is 8.07. The molecule has 0 bridgehead atoms. The number of nitro groups is 1. The highest BCUT2D eigenvalue weighted by molar-refractivity contribution is 5.83. The van der Waals surface area contributed by atoms with Crippen LogP contribution < -0.4 is 14.9 Å². The highest BCUT2D eigenvalue weighted by atomic mass is 16.6. The average Bonchev–Trinajstić information content (AvgIpc) is 2.61. The van der Waals surface area contributed by atoms with Crippen LogP contribution in [0.2, 0.25) is 0 Å². The van der Waals surface area contributed by atoms with E-state index < -0.39 is 4.92 Å². The van der Waals surface area contributed by atoms with Crippen LogP contribution in [-0.2, 0) is 0 Å². The second kappa shape index (κ2) is 9.27. The van der Waals surface area contributed by atoms with Crippen molar-refractivity contribution in [2.45, 2.75) is 20.3 Å². The summed E-state index contributed by atoms with van der Waals surface area (Å²) in [5, 5.41) is 15.5. The van der Waals surface area contributed by atoms with Gasteiger partial charge in [-0.05, 0) is 31.5 Å². The van der Waals surface area contributed by atoms with Crippen LogP contribution in [0.25, 0.3) is 0 Å². The molecule has 25 heavy (non-hydrogen) atoms. The minimum absolute atomic E-state index is 0.138. The number of hydrogen-bond acceptors (Lipinski definition) is 6. The predicted octanol–water partition coefficient (Wildman–Crippen LogP) is 4.23. The number of nitrogens with zero attached hydrogens (tertiary/aromatic N) is 2. The van der Waals surface area contributed by atoms with E-state index in [1.54, 1.807) is 6.07 Å². The van der Waals surface area contributed by atoms with Crippen molar-refractivity contribution >= 4 is 17.6 Å². The van der Waals surface area contributed by atoms with Gasteiger partial charge in [0, 0.05) is 11.6 Å². The summed E-state index contributed by atoms with van der Waals surface area (Å²) in [6, 6.07) is 12.5. The van der Waals surface area contributed by atoms with Crippen LogP contribution in [0.1, 0.15) is 25.8 Å². The number of benzene rings is 2. The lowest BCUT2D eigenvalue weighted by molar-refractivity contribution is -0.386. The van der Waals surface area contributed by atoms with Gasteiger partial charge in [0.15, 0.2) is 5.75 Å². The molecule has 0 heterocycles. The summed E-state index contributed by atoms with van der Waals surface area (Å²) in [7, 11) is 0. The largest absolute Gasteiger partial charge is 0.490 e. The molecule has 0 aliphatic carbocycles. The summed E-state index contributed by atoms with van der Waals surface area (Å²) in [4.78, 5) is 10.9. The number of hydrogen-bond donors (Lipinski definition) is 1. The zero-order valence-electron chi connectivity index (χ0n) is 14.3. The molecule has 0 saturated heterocycles. The van der Waals surface area contributed by atoms with Crippen LogP contribution >= 0.6 is 0 Å². The number of hydrazone groups is 1. The number of nitrogens with one attached hydrogen (secondary N) is 1. The Morgan fingerprint density at radius 3 is 2.60 bits per heavy atom. The summed E-state index contributed by atoms with van der Waals surface area (Å²) >= 11 is 0. The van der Waals surface area contributed by atoms with Crippen LogP contribution in [0.4, 0.5) is 11.4 Å². The quantitative estimate of drug-likeness (QED) is 0.418. The van der Waals surface area contributed by atoms with E-state index in [9.17, 15) is 10.1 Å². The molecule has 132 valence electrons. The number of nitro benzene ring substituents is 1. The van der Waals surface area contributed by atoms with Crippen molar-refractivity contribution in [3.8, 4) is 11.5 Å². The molecule has 0 radical (unpaired) electrons. The Hall–Kier alpha value is -3.09. The molecule has 0 spiro atoms. The number of ether oxygens (including phenoxy) is 2. The molecule has 0 amide bonds. The van der Waals surface area contributed by atoms with Gasteiger partial charge in [-0.25, -0.2) is 0 Å². The maximum absolute atomic E-state index is 11.4. The Balaban J connectivity index is 2.29. The lowest BCUT2D eigenvalue weighted by Crippen LogP contribution is -2.04. The first-order chi connectivity index (χ1) is 12.2. The number of para-hydroxylation sites is 1. The van der Waals surface area contributed by atoms with Gasteiger partial charge in [-0.15, -0.1) is 0 Å². The van der Waals surface area contributed by atoms with E-state index in [1.807, 2.05) is 44.2 Å². The van der Waals surface area contributed by atoms with Crippen molar-refractivity contribution in [3.05, 3.63) is 58.1 Å². The molecule has 1 N–H and O–H groups in total. The second-order valence-corrected chi connectivity index (χ2v) is 5.14. The average molecular weight is 343 g/mol. The summed E-state index contributed by atoms with van der Waals surface area (Å²) < 4.78 is 11.1. The van der Waals surface area contributed by atoms with Gasteiger partial charge in [-0.1, -0.05) is 25.1 Å². The molecular weight excluding hydrogens is 322 g/mol. The molecule has 2 aromatic rings. The lowest BCUT2D eigenvalue weighted by atomic mass is 10.2. The highest BCUT2D eigenvalue weighted by Crippen LogP contribution is 2.38. The van der Waals surface area contributed by atoms with E-state index in [-0.39, 0.29) is 11.4 Å². The standard InChI is InChI=1S/C18H21N3O4/c1-3-10-25-18-16(21(22)23)11-14(12-17(18)24-4-2)13-19-20-15-8-6-5-7-9-15/h5-9,11-13,20H,3-4,10H2,1-2H3/b19-13+. The molecule has 0 unspecified atom stereocenters. The highest BCUT2D eigenvalue weighted by Gasteiger charge is 2.22. The van der Waals surface area contributed by atoms with Gasteiger partial charge in [0.05, 0.1) is 30.0 Å². The predicted molar refractivity (Wildman–Crippen MR) is 97.7 cm³/mol. The topological polar surface area (TPSA) is 86.0 Å². The van der Waals surface area contributed by atoms with Crippen molar-refractivity contribution < 1.29 is 14.4 Å². The minimum atomic E-state index is -0.477. The Morgan fingerprint density at radius 1 is 1.20 bits per heavy atom. The second-order valence-electron chi connectivity index (χ2n) is 5.14. The molecule has 0 fully saturated rings. The third-order valence-corrected chi connectivity index (χ3v) is 3.19. The normalized spacial score (nSPS) is 10.6. The van der Waals surface area contributed by atoms with Crippen molar-refractivity contribution in [2.75, 3.05) is 18.6 Å². The SMILES string of the molecule is CCCOc1c(OCC)cc(/C=N/Nc2ccccc2)cc1[N+](=O)[O-]. The molecule has 7 nitrogen and oxygen atoms in total. The third kappa shape index (κ3) is 5.20. The number of rotatable bonds is 9. The van der Waals surface area contributed by atoms with Crippen LogP contribution in [0.5, 0.6) is 11.5 Å². The summed E-state index contributed by atoms with van der Waals surface area (Å²) in [6.07, 6.45) is 2.25. The Morgan fingerprint density at radius 2 is 1.96 bits per heavy atom. The fourth-order valence-electron chi connectivity index (χ4n) is 2.12. The molecule has 0 atom stereocenters. The van der Waals surface area contributed by atoms with Gasteiger partial charge in [-0.3, -0.25) is 15.5 Å². The molecule has 0 aromatic heterocycles. The third-order valence-electron chi connectivity index (χ3n) is 3.19. The fraction of sp³-hybridized carbons (Fsp3) is 0.278. The van der Waals surface area contributed by atoms with E-state index in [0.29, 0.717) is 24.5 Å². The van der Waals surface area contributed by atoms with Crippen LogP contribution in [0, 0.1) is 10.1 Å². The summed E-state index contributed by atoms with van der Waals surface area (Å²) in [5.41, 5.74) is 4.10. The summed E-state index contributed by atoms with van der Waals surface area (Å²) in [6.45, 7) is 4.50. The van der Waals surface area contributed by atoms with Crippen LogP contribution in [0.3, 0.4) is 0 Å². The first kappa shape index (κ1) is 18.3. The van der Waals surface area contributed by atoms with Crippen molar-refractivity contribution in [1.82, 2.24) is 0 Å². The zero-order valence-corrected chi connectivity index (χ0v) is 14.3. The van der Waals surface area contributed by atoms with E-state index in [1.165, 1.54) is 12.3 Å². The van der Waals surface area contributed by atoms with Crippen molar-refractivity contribution in [1.29, 1.82) is 0 Å². The summed E-state index contributed by atoms with van der Waals surface area (Å²) in [5.74, 6) is 0.494. The van der Waals surface area contributed by atoms with Crippen LogP contribution in [-0.4, -0.2) is 24.4 Å². The fourth-order valence-corrected chi connectivity index (χ4v) is 2.12. The molecule has 0 saturated carbocycles. The Kier molecular flexibility index (Phi) is 6.76. The monoisotopic (exact) mass is 343 g/mol. The van der Waals surface area contributed by atoms with Gasteiger partial charge >= 0.3 is 5.69 Å². The molecule has 2 rings (SSSR count). The molecule has 0 aliphatic rings. The maximum Gasteiger partial charge on any atom is 0.315 e. The number of anilines is 1. The van der Waals surface area contributed by atoms with Gasteiger partial charge in [0.1, 0.15) is 0 Å². The maximum atomic E-state index is 11.4. The molecule has 0 aliphatic heterocycles. The zero-order chi connectivity index (χ0) is 18.1. The van der Waals surface area contributed by atoms with Gasteiger partial charge in [0.25, 0.3) is 0 Å². The van der Waals surface area contributed by atoms with Crippen molar-refractivity contribution in [3.63, 3.8) is 0 Å². The van der Waals surface area contributed by atoms with Gasteiger partial charge in [-0.2, -0.15) is 5.10 Å². The molecular formula is C18H21N3O4. The smallest absolute Gasteiger partial charge is 0.315 e. The first-order valence-electron chi connectivity index (χ1n) is 8.07. The van der Waals surface area contributed by atoms with E-state index in [0.717, 1.165) is 12.1 Å². The van der Waals surface area contributed by atoms with E-state index in [4.69, 9.17) is 9.47 Å². The van der Waals surface area contributed by atoms with Crippen LogP contribution in [0.15, 0.2) is 47.6 Å². The van der Waals surface area contributed by atoms with Gasteiger partial charge in [0.2, 0.25) is 5.75 Å². The molecule has 2 aromatic carbocycles. The van der Waals surface area contributed by atoms with E-state index >= 15 is 0 Å². The molecule has 7 heteroatoms.